The van der Waals surface area contributed by atoms with Gasteiger partial charge in [-0.05, 0) is 17.7 Å². The Morgan fingerprint density at radius 3 is 2.71 bits per heavy atom. The van der Waals surface area contributed by atoms with E-state index >= 15 is 0 Å². The van der Waals surface area contributed by atoms with Crippen molar-refractivity contribution >= 4 is 23.2 Å². The molecular formula is C9H11ClN2O2. The van der Waals surface area contributed by atoms with Gasteiger partial charge in [0.1, 0.15) is 0 Å². The topological polar surface area (TPSA) is 78.3 Å². The van der Waals surface area contributed by atoms with Gasteiger partial charge in [0, 0.05) is 12.8 Å². The van der Waals surface area contributed by atoms with Gasteiger partial charge in [-0.15, -0.1) is 0 Å². The van der Waals surface area contributed by atoms with E-state index in [-0.39, 0.29) is 5.56 Å². The molecule has 0 spiro atoms. The summed E-state index contributed by atoms with van der Waals surface area (Å²) >= 11 is 5.80. The van der Waals surface area contributed by atoms with Gasteiger partial charge in [-0.25, -0.2) is 0 Å². The summed E-state index contributed by atoms with van der Waals surface area (Å²) in [5, 5.41) is 0. The molecule has 0 aliphatic carbocycles. The zero-order valence-corrected chi connectivity index (χ0v) is 8.41. The molecule has 0 bridgehead atoms. The fourth-order valence-corrected chi connectivity index (χ4v) is 1.20. The second-order valence-electron chi connectivity index (χ2n) is 2.76. The Hall–Kier alpha value is -1.26. The van der Waals surface area contributed by atoms with Crippen LogP contribution in [-0.2, 0) is 4.74 Å². The van der Waals surface area contributed by atoms with Crippen LogP contribution in [0.5, 0.6) is 0 Å². The van der Waals surface area contributed by atoms with Gasteiger partial charge < -0.3 is 16.2 Å². The van der Waals surface area contributed by atoms with Crippen molar-refractivity contribution in [2.75, 3.05) is 12.8 Å². The van der Waals surface area contributed by atoms with E-state index in [0.717, 1.165) is 0 Å². The predicted octanol–water partition coefficient (Wildman–Crippen LogP) is 1.25. The average Bonchev–Trinajstić information content (AvgIpc) is 2.17. The van der Waals surface area contributed by atoms with Crippen LogP contribution < -0.4 is 11.5 Å². The molecule has 0 aliphatic heterocycles. The number of anilines is 1. The van der Waals surface area contributed by atoms with E-state index in [1.807, 2.05) is 0 Å². The number of nitrogen functional groups attached to an aromatic ring is 1. The van der Waals surface area contributed by atoms with E-state index in [1.54, 1.807) is 12.1 Å². The molecule has 0 fully saturated rings. The number of benzene rings is 1. The summed E-state index contributed by atoms with van der Waals surface area (Å²) in [6, 6.07) is 4.78. The first kappa shape index (κ1) is 10.8. The van der Waals surface area contributed by atoms with Crippen molar-refractivity contribution in [3.8, 4) is 0 Å². The maximum Gasteiger partial charge on any atom is 0.250 e. The van der Waals surface area contributed by atoms with Crippen LogP contribution in [0, 0.1) is 0 Å². The average molecular weight is 215 g/mol. The second-order valence-corrected chi connectivity index (χ2v) is 3.16. The number of hydrogen-bond donors (Lipinski definition) is 2. The third-order valence-electron chi connectivity index (χ3n) is 1.81. The molecule has 0 saturated carbocycles. The first-order valence-corrected chi connectivity index (χ1v) is 4.36. The van der Waals surface area contributed by atoms with Gasteiger partial charge in [0.25, 0.3) is 5.91 Å². The fraction of sp³-hybridized carbons (Fsp3) is 0.222. The lowest BCUT2D eigenvalue weighted by Crippen LogP contribution is -2.14. The van der Waals surface area contributed by atoms with Crippen LogP contribution in [0.1, 0.15) is 21.5 Å². The summed E-state index contributed by atoms with van der Waals surface area (Å²) in [5.41, 5.74) is 11.3. The maximum atomic E-state index is 10.9. The number of amides is 1. The van der Waals surface area contributed by atoms with Gasteiger partial charge in [0.05, 0.1) is 5.56 Å². The molecule has 1 aromatic carbocycles. The number of ether oxygens (including phenoxy) is 1. The minimum Gasteiger partial charge on any atom is -0.398 e. The summed E-state index contributed by atoms with van der Waals surface area (Å²) < 4.78 is 4.88. The van der Waals surface area contributed by atoms with Crippen LogP contribution in [0.25, 0.3) is 0 Å². The fourth-order valence-electron chi connectivity index (χ4n) is 1.06. The van der Waals surface area contributed by atoms with E-state index < -0.39 is 11.5 Å². The lowest BCUT2D eigenvalue weighted by molar-refractivity contribution is 0.100. The summed E-state index contributed by atoms with van der Waals surface area (Å²) in [7, 11) is 1.47. The highest BCUT2D eigenvalue weighted by Crippen LogP contribution is 2.24. The van der Waals surface area contributed by atoms with E-state index in [1.165, 1.54) is 13.2 Å². The molecule has 1 unspecified atom stereocenters. The van der Waals surface area contributed by atoms with E-state index in [2.05, 4.69) is 0 Å². The number of halogens is 1. The second kappa shape index (κ2) is 4.30. The molecule has 0 aliphatic rings. The van der Waals surface area contributed by atoms with Gasteiger partial charge in [-0.1, -0.05) is 17.7 Å². The number of rotatable bonds is 3. The molecule has 1 aromatic rings. The highest BCUT2D eigenvalue weighted by Gasteiger charge is 2.11. The molecule has 0 radical (unpaired) electrons. The molecule has 0 saturated heterocycles. The Bertz CT molecular complexity index is 355. The molecule has 0 aromatic heterocycles. The molecular weight excluding hydrogens is 204 g/mol. The predicted molar refractivity (Wildman–Crippen MR) is 55.0 cm³/mol. The summed E-state index contributed by atoms with van der Waals surface area (Å²) in [4.78, 5) is 10.9. The molecule has 1 atom stereocenters. The monoisotopic (exact) mass is 214 g/mol. The Balaban J connectivity index is 3.12. The zero-order valence-electron chi connectivity index (χ0n) is 7.66. The Labute approximate surface area is 86.8 Å². The van der Waals surface area contributed by atoms with Crippen LogP contribution in [-0.4, -0.2) is 13.0 Å². The van der Waals surface area contributed by atoms with Crippen LogP contribution in [0.3, 0.4) is 0 Å². The summed E-state index contributed by atoms with van der Waals surface area (Å²) in [6.45, 7) is 0. The van der Waals surface area contributed by atoms with Crippen LogP contribution in [0.15, 0.2) is 18.2 Å². The Morgan fingerprint density at radius 1 is 1.57 bits per heavy atom. The van der Waals surface area contributed by atoms with Gasteiger partial charge in [0.15, 0.2) is 5.56 Å². The smallest absolute Gasteiger partial charge is 0.250 e. The van der Waals surface area contributed by atoms with Crippen LogP contribution in [0.4, 0.5) is 5.69 Å². The quantitative estimate of drug-likeness (QED) is 0.587. The number of carbonyl (C=O) groups is 1. The number of methoxy groups -OCH3 is 1. The lowest BCUT2D eigenvalue weighted by atomic mass is 10.1. The van der Waals surface area contributed by atoms with Crippen molar-refractivity contribution in [3.63, 3.8) is 0 Å². The van der Waals surface area contributed by atoms with Gasteiger partial charge in [0.2, 0.25) is 0 Å². The molecule has 4 nitrogen and oxygen atoms in total. The number of nitrogens with two attached hydrogens (primary N) is 2. The van der Waals surface area contributed by atoms with Crippen LogP contribution >= 0.6 is 11.6 Å². The largest absolute Gasteiger partial charge is 0.398 e. The van der Waals surface area contributed by atoms with Crippen LogP contribution in [0.2, 0.25) is 0 Å². The lowest BCUT2D eigenvalue weighted by Gasteiger charge is -2.09. The standard InChI is InChI=1S/C9H11ClN2O2/c1-14-8(10)5-2-3-7(11)6(4-5)9(12)13/h2-4,8H,11H2,1H3,(H2,12,13). The molecule has 76 valence electrons. The van der Waals surface area contributed by atoms with Crippen molar-refractivity contribution < 1.29 is 9.53 Å². The molecule has 0 heterocycles. The normalized spacial score (nSPS) is 12.4. The number of hydrogen-bond acceptors (Lipinski definition) is 3. The maximum absolute atomic E-state index is 10.9. The molecule has 14 heavy (non-hydrogen) atoms. The minimum absolute atomic E-state index is 0.255. The molecule has 1 rings (SSSR count). The third kappa shape index (κ3) is 2.16. The first-order valence-electron chi connectivity index (χ1n) is 3.92. The third-order valence-corrected chi connectivity index (χ3v) is 2.24. The highest BCUT2D eigenvalue weighted by atomic mass is 35.5. The molecule has 1 amide bonds. The minimum atomic E-state index is -0.603. The molecule has 5 heteroatoms. The Kier molecular flexibility index (Phi) is 3.33. The van der Waals surface area contributed by atoms with Crippen molar-refractivity contribution in [3.05, 3.63) is 29.3 Å². The SMILES string of the molecule is COC(Cl)c1ccc(N)c(C(N)=O)c1. The Morgan fingerprint density at radius 2 is 2.21 bits per heavy atom. The molecule has 4 N–H and O–H groups in total. The number of alkyl halides is 1. The van der Waals surface area contributed by atoms with Crippen molar-refractivity contribution in [2.45, 2.75) is 5.56 Å². The van der Waals surface area contributed by atoms with E-state index in [4.69, 9.17) is 27.8 Å². The van der Waals surface area contributed by atoms with Crippen molar-refractivity contribution in [1.29, 1.82) is 0 Å². The van der Waals surface area contributed by atoms with Crippen molar-refractivity contribution in [1.82, 2.24) is 0 Å². The first-order chi connectivity index (χ1) is 6.56. The number of primary amides is 1. The summed E-state index contributed by atoms with van der Waals surface area (Å²) in [5.74, 6) is -0.579. The summed E-state index contributed by atoms with van der Waals surface area (Å²) in [6.07, 6.45) is 0. The highest BCUT2D eigenvalue weighted by molar-refractivity contribution is 6.20. The van der Waals surface area contributed by atoms with E-state index in [0.29, 0.717) is 11.3 Å². The zero-order chi connectivity index (χ0) is 10.7. The van der Waals surface area contributed by atoms with E-state index in [9.17, 15) is 4.79 Å². The van der Waals surface area contributed by atoms with Crippen molar-refractivity contribution in [2.24, 2.45) is 5.73 Å². The number of carbonyl (C=O) groups excluding carboxylic acids is 1. The van der Waals surface area contributed by atoms with Gasteiger partial charge in [-0.2, -0.15) is 0 Å². The van der Waals surface area contributed by atoms with Gasteiger partial charge >= 0.3 is 0 Å². The van der Waals surface area contributed by atoms with Gasteiger partial charge in [-0.3, -0.25) is 4.79 Å².